The molecule has 9 nitrogen and oxygen atoms in total. The minimum Gasteiger partial charge on any atom is -0.497 e. The van der Waals surface area contributed by atoms with Gasteiger partial charge in [0, 0.05) is 12.1 Å². The van der Waals surface area contributed by atoms with Crippen LogP contribution in [0, 0.1) is 0 Å². The first-order valence-electron chi connectivity index (χ1n) is 15.1. The number of ether oxygens (including phenoxy) is 5. The van der Waals surface area contributed by atoms with Crippen LogP contribution in [0.5, 0.6) is 22.4 Å². The zero-order valence-corrected chi connectivity index (χ0v) is 27.2. The van der Waals surface area contributed by atoms with Crippen molar-refractivity contribution in [1.82, 2.24) is 14.6 Å². The molecule has 7 aromatic rings. The molecule has 0 radical (unpaired) electrons. The fourth-order valence-corrected chi connectivity index (χ4v) is 6.02. The lowest BCUT2D eigenvalue weighted by molar-refractivity contribution is 0.0525. The van der Waals surface area contributed by atoms with Crippen molar-refractivity contribution in [3.63, 3.8) is 0 Å². The van der Waals surface area contributed by atoms with Crippen molar-refractivity contribution in [3.05, 3.63) is 114 Å². The number of furan rings is 1. The molecular weight excluding hydrogens is 614 g/mol. The number of rotatable bonds is 12. The molecule has 4 aromatic carbocycles. The highest BCUT2D eigenvalue weighted by atomic mass is 32.1. The molecule has 0 saturated heterocycles. The van der Waals surface area contributed by atoms with E-state index in [4.69, 9.17) is 28.1 Å². The van der Waals surface area contributed by atoms with Crippen molar-refractivity contribution in [2.75, 3.05) is 21.3 Å². The standard InChI is InChI=1S/C37H33N3O6S/c1-23(44-21-24-8-14-29(41-2)15-9-24)26-10-12-27(13-11-26)28-7-5-6-25(16-28)22-45-33-17-30(42-3)18-34-31(33)19-35(46-34)32-20-40-36(38-32)47-37(39-40)43-4/h5-20,23H,21-22H2,1-4H3. The van der Waals surface area contributed by atoms with Gasteiger partial charge in [0.2, 0.25) is 4.96 Å². The van der Waals surface area contributed by atoms with Crippen LogP contribution < -0.4 is 18.9 Å². The third-order valence-electron chi connectivity index (χ3n) is 7.95. The summed E-state index contributed by atoms with van der Waals surface area (Å²) in [6.45, 7) is 2.97. The average molecular weight is 648 g/mol. The molecule has 47 heavy (non-hydrogen) atoms. The molecule has 1 unspecified atom stereocenters. The van der Waals surface area contributed by atoms with Crippen molar-refractivity contribution in [2.45, 2.75) is 26.2 Å². The first kappa shape index (κ1) is 30.3. The molecule has 0 spiro atoms. The molecule has 3 aromatic heterocycles. The number of methoxy groups -OCH3 is 3. The highest BCUT2D eigenvalue weighted by molar-refractivity contribution is 7.18. The smallest absolute Gasteiger partial charge is 0.294 e. The molecule has 0 saturated carbocycles. The molecule has 238 valence electrons. The Hall–Kier alpha value is -5.32. The molecule has 1 atom stereocenters. The second kappa shape index (κ2) is 13.2. The van der Waals surface area contributed by atoms with Gasteiger partial charge in [-0.3, -0.25) is 0 Å². The number of hydrogen-bond donors (Lipinski definition) is 0. The summed E-state index contributed by atoms with van der Waals surface area (Å²) < 4.78 is 36.4. The molecule has 0 fully saturated rings. The Balaban J connectivity index is 1.04. The minimum absolute atomic E-state index is 0.0422. The number of hydrogen-bond acceptors (Lipinski definition) is 9. The molecule has 0 bridgehead atoms. The van der Waals surface area contributed by atoms with Crippen LogP contribution in [0.25, 0.3) is 38.5 Å². The zero-order valence-electron chi connectivity index (χ0n) is 26.4. The van der Waals surface area contributed by atoms with Gasteiger partial charge in [0.05, 0.1) is 45.6 Å². The first-order valence-corrected chi connectivity index (χ1v) is 15.9. The molecule has 0 aliphatic rings. The van der Waals surface area contributed by atoms with Gasteiger partial charge in [-0.1, -0.05) is 54.6 Å². The molecule has 10 heteroatoms. The van der Waals surface area contributed by atoms with Crippen LogP contribution in [0.2, 0.25) is 0 Å². The highest BCUT2D eigenvalue weighted by Crippen LogP contribution is 2.38. The van der Waals surface area contributed by atoms with Crippen LogP contribution >= 0.6 is 11.3 Å². The predicted molar refractivity (Wildman–Crippen MR) is 182 cm³/mol. The maximum Gasteiger partial charge on any atom is 0.294 e. The van der Waals surface area contributed by atoms with Crippen molar-refractivity contribution in [2.24, 2.45) is 0 Å². The summed E-state index contributed by atoms with van der Waals surface area (Å²) in [5, 5.41) is 5.74. The summed E-state index contributed by atoms with van der Waals surface area (Å²) in [4.78, 5) is 5.37. The van der Waals surface area contributed by atoms with Gasteiger partial charge in [0.25, 0.3) is 5.19 Å². The van der Waals surface area contributed by atoms with Gasteiger partial charge in [-0.15, -0.1) is 5.10 Å². The minimum atomic E-state index is -0.0422. The summed E-state index contributed by atoms with van der Waals surface area (Å²) in [7, 11) is 4.88. The number of fused-ring (bicyclic) bond motifs is 2. The van der Waals surface area contributed by atoms with E-state index in [1.54, 1.807) is 25.8 Å². The lowest BCUT2D eigenvalue weighted by atomic mass is 10.0. The van der Waals surface area contributed by atoms with Crippen molar-refractivity contribution >= 4 is 27.3 Å². The summed E-state index contributed by atoms with van der Waals surface area (Å²) in [6, 6.07) is 30.5. The first-order chi connectivity index (χ1) is 23.0. The van der Waals surface area contributed by atoms with Gasteiger partial charge < -0.3 is 28.1 Å². The summed E-state index contributed by atoms with van der Waals surface area (Å²) >= 11 is 1.36. The third-order valence-corrected chi connectivity index (χ3v) is 8.84. The highest BCUT2D eigenvalue weighted by Gasteiger charge is 2.17. The Morgan fingerprint density at radius 1 is 0.787 bits per heavy atom. The van der Waals surface area contributed by atoms with Crippen molar-refractivity contribution < 1.29 is 28.1 Å². The van der Waals surface area contributed by atoms with Gasteiger partial charge in [0.1, 0.15) is 35.1 Å². The number of nitrogens with zero attached hydrogens (tertiary/aromatic N) is 3. The van der Waals surface area contributed by atoms with E-state index in [-0.39, 0.29) is 6.10 Å². The summed E-state index contributed by atoms with van der Waals surface area (Å²) in [5.41, 5.74) is 6.81. The van der Waals surface area contributed by atoms with Gasteiger partial charge >= 0.3 is 0 Å². The molecule has 0 amide bonds. The van der Waals surface area contributed by atoms with E-state index < -0.39 is 0 Å². The van der Waals surface area contributed by atoms with Gasteiger partial charge in [-0.2, -0.15) is 0 Å². The second-order valence-corrected chi connectivity index (χ2v) is 11.9. The topological polar surface area (TPSA) is 89.5 Å². The Labute approximate surface area is 275 Å². The molecule has 0 N–H and O–H groups in total. The number of benzene rings is 4. The largest absolute Gasteiger partial charge is 0.497 e. The lowest BCUT2D eigenvalue weighted by Crippen LogP contribution is -2.00. The second-order valence-electron chi connectivity index (χ2n) is 11.0. The van der Waals surface area contributed by atoms with E-state index in [1.165, 1.54) is 11.3 Å². The van der Waals surface area contributed by atoms with E-state index in [2.05, 4.69) is 59.5 Å². The monoisotopic (exact) mass is 647 g/mol. The van der Waals surface area contributed by atoms with Crippen molar-refractivity contribution in [3.8, 4) is 45.0 Å². The fourth-order valence-electron chi connectivity index (χ4n) is 5.32. The quantitative estimate of drug-likeness (QED) is 0.130. The van der Waals surface area contributed by atoms with Crippen LogP contribution in [0.15, 0.2) is 102 Å². The van der Waals surface area contributed by atoms with E-state index in [1.807, 2.05) is 54.7 Å². The molecular formula is C37H33N3O6S. The molecule has 7 rings (SSSR count). The van der Waals surface area contributed by atoms with Crippen LogP contribution in [0.4, 0.5) is 0 Å². The van der Waals surface area contributed by atoms with Crippen molar-refractivity contribution in [1.29, 1.82) is 0 Å². The number of imidazole rings is 1. The third kappa shape index (κ3) is 6.51. The van der Waals surface area contributed by atoms with E-state index in [0.717, 1.165) is 39.0 Å². The Bertz CT molecular complexity index is 2100. The molecule has 3 heterocycles. The molecule has 0 aliphatic heterocycles. The van der Waals surface area contributed by atoms with Gasteiger partial charge in [-0.05, 0) is 70.3 Å². The van der Waals surface area contributed by atoms with Crippen LogP contribution in [0.3, 0.4) is 0 Å². The van der Waals surface area contributed by atoms with E-state index in [0.29, 0.717) is 51.9 Å². The number of aromatic nitrogens is 3. The Morgan fingerprint density at radius 3 is 2.34 bits per heavy atom. The van der Waals surface area contributed by atoms with E-state index in [9.17, 15) is 0 Å². The lowest BCUT2D eigenvalue weighted by Gasteiger charge is -2.15. The Kier molecular flexibility index (Phi) is 8.52. The van der Waals surface area contributed by atoms with Crippen LogP contribution in [0.1, 0.15) is 29.7 Å². The van der Waals surface area contributed by atoms with Crippen LogP contribution in [-0.2, 0) is 18.0 Å². The normalized spacial score (nSPS) is 12.0. The zero-order chi connectivity index (χ0) is 32.3. The summed E-state index contributed by atoms with van der Waals surface area (Å²) in [6.07, 6.45) is 1.78. The van der Waals surface area contributed by atoms with Gasteiger partial charge in [-0.25, -0.2) is 9.50 Å². The Morgan fingerprint density at radius 2 is 1.60 bits per heavy atom. The van der Waals surface area contributed by atoms with Crippen LogP contribution in [-0.4, -0.2) is 35.9 Å². The molecule has 0 aliphatic carbocycles. The fraction of sp³-hybridized carbons (Fsp3) is 0.189. The maximum atomic E-state index is 6.37. The predicted octanol–water partition coefficient (Wildman–Crippen LogP) is 8.75. The van der Waals surface area contributed by atoms with E-state index >= 15 is 0 Å². The SMILES string of the molecule is COc1ccc(COC(C)c2ccc(-c3cccc(COc4cc(OC)cc5oc(-c6cn7nc(OC)sc7n6)cc45)c3)cc2)cc1. The average Bonchev–Trinajstić information content (AvgIpc) is 3.83. The maximum absolute atomic E-state index is 6.37. The van der Waals surface area contributed by atoms with Gasteiger partial charge in [0.15, 0.2) is 5.76 Å². The summed E-state index contributed by atoms with van der Waals surface area (Å²) in [5.74, 6) is 2.75.